The second-order valence-corrected chi connectivity index (χ2v) is 9.23. The van der Waals surface area contributed by atoms with Crippen molar-refractivity contribution in [1.82, 2.24) is 5.32 Å². The number of nitrogens with zero attached hydrogens (tertiary/aromatic N) is 1. The zero-order chi connectivity index (χ0) is 32.2. The molecule has 13 heteroatoms. The summed E-state index contributed by atoms with van der Waals surface area (Å²) in [6.45, 7) is 8.30. The third-order valence-electron chi connectivity index (χ3n) is 6.14. The second-order valence-electron chi connectivity index (χ2n) is 9.23. The van der Waals surface area contributed by atoms with Crippen molar-refractivity contribution in [3.63, 3.8) is 0 Å². The van der Waals surface area contributed by atoms with Gasteiger partial charge in [-0.3, -0.25) is 4.79 Å². The van der Waals surface area contributed by atoms with E-state index >= 15 is 0 Å². The monoisotopic (exact) mass is 675 g/mol. The molecule has 0 bridgehead atoms. The fraction of sp³-hybridized carbons (Fsp3) is 0.469. The summed E-state index contributed by atoms with van der Waals surface area (Å²) in [5.41, 5.74) is 8.23. The summed E-state index contributed by atoms with van der Waals surface area (Å²) in [5, 5.41) is 19.7. The summed E-state index contributed by atoms with van der Waals surface area (Å²) in [6.07, 6.45) is 2.09. The Morgan fingerprint density at radius 2 is 1.49 bits per heavy atom. The van der Waals surface area contributed by atoms with Gasteiger partial charge in [-0.05, 0) is 88.8 Å². The molecule has 1 unspecified atom stereocenters. The van der Waals surface area contributed by atoms with Gasteiger partial charge in [0.15, 0.2) is 5.88 Å². The smallest absolute Gasteiger partial charge is 0.339 e. The number of nitrogens with two attached hydrogens (primary N) is 1. The Balaban J connectivity index is 0. The molecule has 45 heavy (non-hydrogen) atoms. The molecule has 0 fully saturated rings. The molecule has 1 heterocycles. The first kappa shape index (κ1) is 43.7. The quantitative estimate of drug-likeness (QED) is 0.237. The molecular formula is C32H45Cl2F2N3O6. The number of hydrogen-bond acceptors (Lipinski definition) is 9. The molecule has 0 spiro atoms. The maximum absolute atomic E-state index is 13.0. The zero-order valence-electron chi connectivity index (χ0n) is 26.1. The molecule has 2 aromatic rings. The van der Waals surface area contributed by atoms with Crippen LogP contribution < -0.4 is 11.1 Å². The van der Waals surface area contributed by atoms with Crippen molar-refractivity contribution in [2.24, 2.45) is 11.7 Å². The van der Waals surface area contributed by atoms with Gasteiger partial charge in [0.1, 0.15) is 17.6 Å². The lowest BCUT2D eigenvalue weighted by Crippen LogP contribution is -2.30. The largest absolute Gasteiger partial charge is 0.479 e. The van der Waals surface area contributed by atoms with Crippen LogP contribution in [-0.4, -0.2) is 43.5 Å². The summed E-state index contributed by atoms with van der Waals surface area (Å²) in [5.74, 6) is -1.77. The summed E-state index contributed by atoms with van der Waals surface area (Å²) >= 11 is 0. The van der Waals surface area contributed by atoms with Gasteiger partial charge in [-0.25, -0.2) is 13.6 Å². The van der Waals surface area contributed by atoms with Gasteiger partial charge in [-0.15, -0.1) is 24.8 Å². The molecule has 3 rings (SSSR count). The molecule has 1 aliphatic heterocycles. The van der Waals surface area contributed by atoms with Crippen LogP contribution in [0.15, 0.2) is 60.0 Å². The fourth-order valence-electron chi connectivity index (χ4n) is 4.05. The number of benzene rings is 2. The normalized spacial score (nSPS) is 14.5. The van der Waals surface area contributed by atoms with E-state index in [1.165, 1.54) is 24.3 Å². The van der Waals surface area contributed by atoms with Gasteiger partial charge < -0.3 is 30.4 Å². The van der Waals surface area contributed by atoms with Crippen LogP contribution in [0.4, 0.5) is 8.78 Å². The first-order chi connectivity index (χ1) is 20.6. The predicted octanol–water partition coefficient (Wildman–Crippen LogP) is 6.21. The first-order valence-electron chi connectivity index (χ1n) is 14.4. The maximum Gasteiger partial charge on any atom is 0.339 e. The number of carbonyl (C=O) groups excluding carboxylic acids is 2. The third-order valence-corrected chi connectivity index (χ3v) is 6.14. The van der Waals surface area contributed by atoms with Gasteiger partial charge in [0.05, 0.1) is 37.5 Å². The number of nitriles is 1. The molecular weight excluding hydrogens is 631 g/mol. The zero-order valence-corrected chi connectivity index (χ0v) is 27.7. The number of hydrogen-bond donors (Lipinski definition) is 3. The number of nitrogens with one attached hydrogen (secondary N) is 1. The lowest BCUT2D eigenvalue weighted by Gasteiger charge is -2.28. The topological polar surface area (TPSA) is 144 Å². The Morgan fingerprint density at radius 3 is 1.98 bits per heavy atom. The van der Waals surface area contributed by atoms with Crippen LogP contribution in [0.3, 0.4) is 0 Å². The third kappa shape index (κ3) is 15.9. The van der Waals surface area contributed by atoms with E-state index < -0.39 is 11.9 Å². The van der Waals surface area contributed by atoms with Crippen molar-refractivity contribution in [1.29, 1.82) is 5.26 Å². The molecule has 0 aromatic heterocycles. The minimum Gasteiger partial charge on any atom is -0.479 e. The van der Waals surface area contributed by atoms with Gasteiger partial charge in [0.2, 0.25) is 0 Å². The van der Waals surface area contributed by atoms with Gasteiger partial charge in [0.25, 0.3) is 0 Å². The van der Waals surface area contributed by atoms with Crippen molar-refractivity contribution >= 4 is 36.8 Å². The number of aliphatic hydroxyl groups is 1. The molecule has 0 saturated carbocycles. The molecule has 0 aliphatic carbocycles. The van der Waals surface area contributed by atoms with E-state index in [0.29, 0.717) is 43.9 Å². The van der Waals surface area contributed by atoms with Crippen molar-refractivity contribution in [3.8, 4) is 6.07 Å². The summed E-state index contributed by atoms with van der Waals surface area (Å²) in [4.78, 5) is 23.4. The van der Waals surface area contributed by atoms with Crippen molar-refractivity contribution in [2.45, 2.75) is 65.5 Å². The molecule has 3 atom stereocenters. The number of halogens is 4. The average molecular weight is 677 g/mol. The molecule has 4 N–H and O–H groups in total. The van der Waals surface area contributed by atoms with Crippen LogP contribution in [0.25, 0.3) is 0 Å². The molecule has 1 aliphatic rings. The average Bonchev–Trinajstić information content (AvgIpc) is 2.99. The summed E-state index contributed by atoms with van der Waals surface area (Å²) < 4.78 is 41.1. The molecule has 0 saturated heterocycles. The highest BCUT2D eigenvalue weighted by Crippen LogP contribution is 2.29. The highest BCUT2D eigenvalue weighted by atomic mass is 35.5. The van der Waals surface area contributed by atoms with Crippen LogP contribution >= 0.6 is 24.8 Å². The number of rotatable bonds is 11. The Morgan fingerprint density at radius 1 is 0.956 bits per heavy atom. The van der Waals surface area contributed by atoms with Gasteiger partial charge >= 0.3 is 11.9 Å². The van der Waals surface area contributed by atoms with Crippen LogP contribution in [0.5, 0.6) is 0 Å². The fourth-order valence-corrected chi connectivity index (χ4v) is 4.05. The summed E-state index contributed by atoms with van der Waals surface area (Å²) in [7, 11) is 0. The Kier molecular flexibility index (Phi) is 24.1. The van der Waals surface area contributed by atoms with E-state index in [0.717, 1.165) is 17.5 Å². The number of carbonyl (C=O) groups is 2. The van der Waals surface area contributed by atoms with Gasteiger partial charge in [0, 0.05) is 12.6 Å². The standard InChI is InChI=1S/C16H20FNO3.C14H17FN2O2.C2H6O.2ClH/c1-3-20-15-13(16(19)21-4-2)9-10-14(18-15)11-5-7-12(17)8-6-11;1-2-19-14(18)11(9-16)5-8-13(17)10-3-6-12(15)7-4-10;1-2-3;;/h5-8,14,18H,3-4,9-10H2,1-2H3;3-4,6-7,11,13H,2,5,8,17H2,1H3;3H,2H2,1H3;2*1H/t14-;11?,13-;;;/m11.../s1. The lowest BCUT2D eigenvalue weighted by molar-refractivity contribution is -0.146. The van der Waals surface area contributed by atoms with Crippen molar-refractivity contribution < 1.29 is 37.7 Å². The maximum atomic E-state index is 13.0. The number of ether oxygens (including phenoxy) is 3. The van der Waals surface area contributed by atoms with Gasteiger partial charge in [-0.1, -0.05) is 24.3 Å². The highest BCUT2D eigenvalue weighted by molar-refractivity contribution is 5.89. The van der Waals surface area contributed by atoms with Crippen LogP contribution in [-0.2, 0) is 23.8 Å². The minimum atomic E-state index is -0.800. The Hall–Kier alpha value is -3.43. The lowest BCUT2D eigenvalue weighted by atomic mass is 9.95. The van der Waals surface area contributed by atoms with Crippen LogP contribution in [0, 0.1) is 28.9 Å². The second kappa shape index (κ2) is 24.8. The molecule has 9 nitrogen and oxygen atoms in total. The molecule has 2 aromatic carbocycles. The Bertz CT molecular complexity index is 1190. The Labute approximate surface area is 276 Å². The molecule has 0 radical (unpaired) electrons. The van der Waals surface area contributed by atoms with E-state index in [-0.39, 0.29) is 67.7 Å². The molecule has 252 valence electrons. The van der Waals surface area contributed by atoms with E-state index in [9.17, 15) is 18.4 Å². The van der Waals surface area contributed by atoms with Crippen LogP contribution in [0.2, 0.25) is 0 Å². The highest BCUT2D eigenvalue weighted by Gasteiger charge is 2.27. The molecule has 0 amide bonds. The predicted molar refractivity (Wildman–Crippen MR) is 172 cm³/mol. The number of aliphatic hydroxyl groups excluding tert-OH is 1. The van der Waals surface area contributed by atoms with E-state index in [2.05, 4.69) is 5.32 Å². The van der Waals surface area contributed by atoms with E-state index in [1.54, 1.807) is 45.0 Å². The van der Waals surface area contributed by atoms with E-state index in [1.807, 2.05) is 13.0 Å². The van der Waals surface area contributed by atoms with E-state index in [4.69, 9.17) is 30.3 Å². The first-order valence-corrected chi connectivity index (χ1v) is 14.4. The van der Waals surface area contributed by atoms with Gasteiger partial charge in [-0.2, -0.15) is 5.26 Å². The SMILES string of the molecule is CCO.CCOC(=O)C(C#N)CC[C@@H](N)c1ccc(F)cc1.CCOC(=O)C1=C(OCC)N[C@@H](c2ccc(F)cc2)CC1.Cl.Cl. The van der Waals surface area contributed by atoms with Crippen molar-refractivity contribution in [2.75, 3.05) is 26.4 Å². The van der Waals surface area contributed by atoms with Crippen LogP contribution in [0.1, 0.15) is 76.6 Å². The number of esters is 2. The summed E-state index contributed by atoms with van der Waals surface area (Å²) in [6, 6.07) is 13.8. The minimum absolute atomic E-state index is 0. The van der Waals surface area contributed by atoms with Crippen molar-refractivity contribution in [3.05, 3.63) is 82.7 Å².